The fourth-order valence-electron chi connectivity index (χ4n) is 1.71. The van der Waals surface area contributed by atoms with E-state index in [0.29, 0.717) is 22.0 Å². The minimum Gasteiger partial charge on any atom is -0.505 e. The number of phenolic OH excluding ortho intramolecular Hbond substituents is 1. The Hall–Kier alpha value is -1.94. The number of para-hydroxylation sites is 1. The van der Waals surface area contributed by atoms with Crippen LogP contribution < -0.4 is 10.1 Å². The van der Waals surface area contributed by atoms with E-state index in [1.54, 1.807) is 37.4 Å². The highest BCUT2D eigenvalue weighted by Gasteiger charge is 2.08. The highest BCUT2D eigenvalue weighted by molar-refractivity contribution is 6.30. The molecule has 0 aromatic heterocycles. The Labute approximate surface area is 115 Å². The van der Waals surface area contributed by atoms with E-state index in [1.807, 2.05) is 0 Å². The van der Waals surface area contributed by atoms with Crippen LogP contribution in [0.15, 0.2) is 36.4 Å². The van der Waals surface area contributed by atoms with E-state index in [1.165, 1.54) is 6.07 Å². The van der Waals surface area contributed by atoms with Crippen LogP contribution in [0.25, 0.3) is 0 Å². The van der Waals surface area contributed by atoms with Gasteiger partial charge in [-0.2, -0.15) is 0 Å². The fourth-order valence-corrected chi connectivity index (χ4v) is 1.88. The van der Waals surface area contributed by atoms with Crippen LogP contribution in [0.3, 0.4) is 0 Å². The Morgan fingerprint density at radius 3 is 2.84 bits per heavy atom. The van der Waals surface area contributed by atoms with Crippen molar-refractivity contribution in [2.45, 2.75) is 6.54 Å². The molecule has 0 aliphatic carbocycles. The van der Waals surface area contributed by atoms with Crippen molar-refractivity contribution in [2.75, 3.05) is 12.4 Å². The van der Waals surface area contributed by atoms with E-state index in [2.05, 4.69) is 5.32 Å². The zero-order valence-corrected chi connectivity index (χ0v) is 11.0. The molecule has 2 aromatic rings. The number of hydrogen-bond donors (Lipinski definition) is 2. The number of rotatable bonds is 4. The van der Waals surface area contributed by atoms with Gasteiger partial charge in [-0.05, 0) is 24.3 Å². The third kappa shape index (κ3) is 3.09. The second-order valence-corrected chi connectivity index (χ2v) is 4.38. The Balaban J connectivity index is 2.18. The van der Waals surface area contributed by atoms with Gasteiger partial charge in [-0.3, -0.25) is 0 Å². The molecule has 0 aliphatic rings. The van der Waals surface area contributed by atoms with Crippen LogP contribution in [0, 0.1) is 5.82 Å². The second-order valence-electron chi connectivity index (χ2n) is 3.95. The van der Waals surface area contributed by atoms with E-state index < -0.39 is 5.82 Å². The molecule has 100 valence electrons. The molecule has 0 unspecified atom stereocenters. The highest BCUT2D eigenvalue weighted by atomic mass is 35.5. The molecule has 0 amide bonds. The first-order valence-electron chi connectivity index (χ1n) is 5.65. The maximum absolute atomic E-state index is 13.2. The van der Waals surface area contributed by atoms with Crippen molar-refractivity contribution < 1.29 is 14.2 Å². The molecular formula is C14H13ClFNO2. The van der Waals surface area contributed by atoms with Gasteiger partial charge in [0.25, 0.3) is 0 Å². The average molecular weight is 282 g/mol. The zero-order valence-electron chi connectivity index (χ0n) is 10.3. The minimum atomic E-state index is -0.641. The monoisotopic (exact) mass is 281 g/mol. The Bertz CT molecular complexity index is 590. The molecule has 2 aromatic carbocycles. The summed E-state index contributed by atoms with van der Waals surface area (Å²) in [6.07, 6.45) is 0. The maximum atomic E-state index is 13.2. The van der Waals surface area contributed by atoms with E-state index in [-0.39, 0.29) is 12.3 Å². The fraction of sp³-hybridized carbons (Fsp3) is 0.143. The van der Waals surface area contributed by atoms with Crippen molar-refractivity contribution in [1.82, 2.24) is 0 Å². The molecule has 2 N–H and O–H groups in total. The number of anilines is 1. The van der Waals surface area contributed by atoms with Gasteiger partial charge in [0.1, 0.15) is 5.75 Å². The van der Waals surface area contributed by atoms with Gasteiger partial charge in [0, 0.05) is 17.1 Å². The molecular weight excluding hydrogens is 269 g/mol. The molecule has 0 bridgehead atoms. The number of phenols is 1. The van der Waals surface area contributed by atoms with Crippen LogP contribution in [0.5, 0.6) is 11.5 Å². The van der Waals surface area contributed by atoms with Gasteiger partial charge >= 0.3 is 0 Å². The Morgan fingerprint density at radius 1 is 1.32 bits per heavy atom. The number of benzene rings is 2. The lowest BCUT2D eigenvalue weighted by Gasteiger charge is -2.12. The van der Waals surface area contributed by atoms with Gasteiger partial charge < -0.3 is 15.2 Å². The van der Waals surface area contributed by atoms with Crippen LogP contribution in [-0.2, 0) is 6.54 Å². The zero-order chi connectivity index (χ0) is 13.8. The predicted octanol–water partition coefficient (Wildman–Crippen LogP) is 3.81. The minimum absolute atomic E-state index is 0.264. The molecule has 3 nitrogen and oxygen atoms in total. The van der Waals surface area contributed by atoms with Crippen molar-refractivity contribution in [3.05, 3.63) is 52.8 Å². The van der Waals surface area contributed by atoms with Crippen molar-refractivity contribution in [3.8, 4) is 11.5 Å². The van der Waals surface area contributed by atoms with Crippen LogP contribution in [0.1, 0.15) is 5.56 Å². The lowest BCUT2D eigenvalue weighted by atomic mass is 10.2. The summed E-state index contributed by atoms with van der Waals surface area (Å²) in [5.74, 6) is -0.367. The first-order valence-corrected chi connectivity index (χ1v) is 6.03. The molecule has 19 heavy (non-hydrogen) atoms. The molecule has 0 aliphatic heterocycles. The van der Waals surface area contributed by atoms with E-state index in [4.69, 9.17) is 16.3 Å². The average Bonchev–Trinajstić information content (AvgIpc) is 2.40. The molecule has 0 saturated heterocycles. The summed E-state index contributed by atoms with van der Waals surface area (Å²) < 4.78 is 18.4. The topological polar surface area (TPSA) is 41.5 Å². The molecule has 0 fully saturated rings. The third-order valence-electron chi connectivity index (χ3n) is 2.70. The summed E-state index contributed by atoms with van der Waals surface area (Å²) in [5.41, 5.74) is 1.14. The molecule has 0 heterocycles. The van der Waals surface area contributed by atoms with E-state index >= 15 is 0 Å². The molecule has 0 spiro atoms. The molecule has 0 atom stereocenters. The summed E-state index contributed by atoms with van der Waals surface area (Å²) in [7, 11) is 1.55. The van der Waals surface area contributed by atoms with Gasteiger partial charge in [-0.15, -0.1) is 0 Å². The van der Waals surface area contributed by atoms with E-state index in [0.717, 1.165) is 0 Å². The summed E-state index contributed by atoms with van der Waals surface area (Å²) in [6, 6.07) is 9.54. The quantitative estimate of drug-likeness (QED) is 0.895. The van der Waals surface area contributed by atoms with Crippen molar-refractivity contribution in [3.63, 3.8) is 0 Å². The highest BCUT2D eigenvalue weighted by Crippen LogP contribution is 2.29. The first kappa shape index (κ1) is 13.5. The number of aromatic hydroxyl groups is 1. The van der Waals surface area contributed by atoms with Crippen LogP contribution in [-0.4, -0.2) is 12.2 Å². The van der Waals surface area contributed by atoms with Gasteiger partial charge in [0.05, 0.1) is 12.8 Å². The second kappa shape index (κ2) is 5.80. The summed E-state index contributed by atoms with van der Waals surface area (Å²) in [5, 5.41) is 13.2. The summed E-state index contributed by atoms with van der Waals surface area (Å²) in [6.45, 7) is 0.264. The molecule has 0 saturated carbocycles. The van der Waals surface area contributed by atoms with Gasteiger partial charge in [-0.1, -0.05) is 23.7 Å². The van der Waals surface area contributed by atoms with Crippen LogP contribution >= 0.6 is 11.6 Å². The lowest BCUT2D eigenvalue weighted by molar-refractivity contribution is 0.416. The first-order chi connectivity index (χ1) is 9.11. The number of methoxy groups -OCH3 is 1. The van der Waals surface area contributed by atoms with Gasteiger partial charge in [0.15, 0.2) is 11.6 Å². The Kier molecular flexibility index (Phi) is 4.12. The van der Waals surface area contributed by atoms with Crippen molar-refractivity contribution in [2.24, 2.45) is 0 Å². The standard InChI is InChI=1S/C14H13ClFNO2/c1-19-13-6-5-10(15)7-12(13)17-8-9-3-2-4-11(16)14(9)18/h2-7,17-18H,8H2,1H3. The smallest absolute Gasteiger partial charge is 0.165 e. The SMILES string of the molecule is COc1ccc(Cl)cc1NCc1cccc(F)c1O. The van der Waals surface area contributed by atoms with E-state index in [9.17, 15) is 9.50 Å². The van der Waals surface area contributed by atoms with Crippen molar-refractivity contribution >= 4 is 17.3 Å². The summed E-state index contributed by atoms with van der Waals surface area (Å²) >= 11 is 5.91. The lowest BCUT2D eigenvalue weighted by Crippen LogP contribution is -2.02. The number of ether oxygens (including phenoxy) is 1. The van der Waals surface area contributed by atoms with Gasteiger partial charge in [-0.25, -0.2) is 4.39 Å². The number of hydrogen-bond acceptors (Lipinski definition) is 3. The molecule has 5 heteroatoms. The molecule has 2 rings (SSSR count). The Morgan fingerprint density at radius 2 is 2.11 bits per heavy atom. The summed E-state index contributed by atoms with van der Waals surface area (Å²) in [4.78, 5) is 0. The third-order valence-corrected chi connectivity index (χ3v) is 2.94. The van der Waals surface area contributed by atoms with Gasteiger partial charge in [0.2, 0.25) is 0 Å². The molecule has 0 radical (unpaired) electrons. The largest absolute Gasteiger partial charge is 0.505 e. The van der Waals surface area contributed by atoms with Crippen LogP contribution in [0.2, 0.25) is 5.02 Å². The van der Waals surface area contributed by atoms with Crippen molar-refractivity contribution in [1.29, 1.82) is 0 Å². The van der Waals surface area contributed by atoms with Crippen LogP contribution in [0.4, 0.5) is 10.1 Å². The normalized spacial score (nSPS) is 10.3. The number of halogens is 2. The number of nitrogens with one attached hydrogen (secondary N) is 1. The maximum Gasteiger partial charge on any atom is 0.165 e. The predicted molar refractivity (Wildman–Crippen MR) is 73.4 cm³/mol.